The molecule has 0 saturated heterocycles. The number of hydrogen-bond acceptors (Lipinski definition) is 3. The van der Waals surface area contributed by atoms with Gasteiger partial charge < -0.3 is 5.11 Å². The second-order valence-electron chi connectivity index (χ2n) is 4.03. The molecule has 0 aliphatic carbocycles. The number of aryl methyl sites for hydroxylation is 3. The molecule has 1 heterocycles. The summed E-state index contributed by atoms with van der Waals surface area (Å²) in [6, 6.07) is 6.05. The Bertz CT molecular complexity index is 504. The van der Waals surface area contributed by atoms with E-state index in [1.807, 2.05) is 25.1 Å². The van der Waals surface area contributed by atoms with Crippen LogP contribution in [-0.2, 0) is 0 Å². The van der Waals surface area contributed by atoms with Crippen LogP contribution >= 0.6 is 11.3 Å². The van der Waals surface area contributed by atoms with Crippen molar-refractivity contribution >= 4 is 11.3 Å². The first-order valence-corrected chi connectivity index (χ1v) is 6.07. The molecule has 1 aromatic heterocycles. The number of hydrogen-bond donors (Lipinski definition) is 1. The molecule has 1 N–H and O–H groups in total. The van der Waals surface area contributed by atoms with Crippen molar-refractivity contribution in [2.24, 2.45) is 0 Å². The van der Waals surface area contributed by atoms with E-state index in [4.69, 9.17) is 0 Å². The third-order valence-corrected chi connectivity index (χ3v) is 3.72. The Morgan fingerprint density at radius 2 is 1.94 bits per heavy atom. The van der Waals surface area contributed by atoms with Crippen molar-refractivity contribution < 1.29 is 5.11 Å². The smallest absolute Gasteiger partial charge is 0.115 e. The number of nitrogens with zero attached hydrogens (tertiary/aromatic N) is 1. The Morgan fingerprint density at radius 1 is 1.19 bits per heavy atom. The summed E-state index contributed by atoms with van der Waals surface area (Å²) < 4.78 is 0. The van der Waals surface area contributed by atoms with Gasteiger partial charge in [0.05, 0.1) is 9.88 Å². The van der Waals surface area contributed by atoms with Gasteiger partial charge in [-0.25, -0.2) is 4.98 Å². The number of thiazole rings is 1. The van der Waals surface area contributed by atoms with Crippen LogP contribution in [0.15, 0.2) is 24.4 Å². The normalized spacial score (nSPS) is 12.8. The molecule has 2 nitrogen and oxygen atoms in total. The van der Waals surface area contributed by atoms with Crippen LogP contribution in [0.1, 0.15) is 32.7 Å². The summed E-state index contributed by atoms with van der Waals surface area (Å²) in [5.74, 6) is 0. The summed E-state index contributed by atoms with van der Waals surface area (Å²) in [7, 11) is 0. The molecule has 0 bridgehead atoms. The second kappa shape index (κ2) is 4.36. The molecule has 16 heavy (non-hydrogen) atoms. The van der Waals surface area contributed by atoms with Gasteiger partial charge in [0, 0.05) is 6.20 Å². The van der Waals surface area contributed by atoms with Crippen molar-refractivity contribution in [1.29, 1.82) is 0 Å². The number of aromatic nitrogens is 1. The Morgan fingerprint density at radius 3 is 2.50 bits per heavy atom. The zero-order valence-corrected chi connectivity index (χ0v) is 10.5. The monoisotopic (exact) mass is 233 g/mol. The number of benzene rings is 1. The summed E-state index contributed by atoms with van der Waals surface area (Å²) in [5.41, 5.74) is 3.39. The van der Waals surface area contributed by atoms with Crippen LogP contribution < -0.4 is 0 Å². The van der Waals surface area contributed by atoms with Crippen LogP contribution in [-0.4, -0.2) is 10.1 Å². The van der Waals surface area contributed by atoms with Gasteiger partial charge in [0.25, 0.3) is 0 Å². The lowest BCUT2D eigenvalue weighted by Gasteiger charge is -2.10. The van der Waals surface area contributed by atoms with Crippen LogP contribution in [0.25, 0.3) is 0 Å². The molecule has 2 rings (SSSR count). The molecule has 0 spiro atoms. The topological polar surface area (TPSA) is 33.1 Å². The highest BCUT2D eigenvalue weighted by Gasteiger charge is 2.13. The maximum atomic E-state index is 10.2. The van der Waals surface area contributed by atoms with E-state index < -0.39 is 6.10 Å². The van der Waals surface area contributed by atoms with Crippen LogP contribution in [0.4, 0.5) is 0 Å². The SMILES string of the molecule is Cc1ncc(C(O)c2ccc(C)c(C)c2)s1. The van der Waals surface area contributed by atoms with E-state index in [2.05, 4.69) is 18.8 Å². The average molecular weight is 233 g/mol. The van der Waals surface area contributed by atoms with Crippen molar-refractivity contribution in [3.05, 3.63) is 51.0 Å². The molecular weight excluding hydrogens is 218 g/mol. The standard InChI is InChI=1S/C13H15NOS/c1-8-4-5-11(6-9(8)2)13(15)12-7-14-10(3)16-12/h4-7,13,15H,1-3H3. The Balaban J connectivity index is 2.33. The second-order valence-corrected chi connectivity index (χ2v) is 5.29. The minimum Gasteiger partial charge on any atom is -0.383 e. The molecule has 2 aromatic rings. The van der Waals surface area contributed by atoms with E-state index in [-0.39, 0.29) is 0 Å². The van der Waals surface area contributed by atoms with Crippen LogP contribution in [0, 0.1) is 20.8 Å². The summed E-state index contributed by atoms with van der Waals surface area (Å²) in [6.07, 6.45) is 1.20. The first-order valence-electron chi connectivity index (χ1n) is 5.25. The number of rotatable bonds is 2. The lowest BCUT2D eigenvalue weighted by Crippen LogP contribution is -1.98. The highest BCUT2D eigenvalue weighted by Crippen LogP contribution is 2.27. The number of aliphatic hydroxyl groups is 1. The van der Waals surface area contributed by atoms with Crippen molar-refractivity contribution in [1.82, 2.24) is 4.98 Å². The molecule has 1 unspecified atom stereocenters. The molecule has 0 amide bonds. The molecule has 0 fully saturated rings. The highest BCUT2D eigenvalue weighted by molar-refractivity contribution is 7.11. The minimum atomic E-state index is -0.550. The van der Waals surface area contributed by atoms with E-state index in [9.17, 15) is 5.11 Å². The maximum absolute atomic E-state index is 10.2. The van der Waals surface area contributed by atoms with Gasteiger partial charge in [-0.3, -0.25) is 0 Å². The predicted octanol–water partition coefficient (Wildman–Crippen LogP) is 3.15. The molecule has 0 aliphatic heterocycles. The Labute approximate surface area is 99.6 Å². The summed E-state index contributed by atoms with van der Waals surface area (Å²) in [6.45, 7) is 6.08. The molecule has 0 aliphatic rings. The van der Waals surface area contributed by atoms with Crippen LogP contribution in [0.3, 0.4) is 0 Å². The van der Waals surface area contributed by atoms with E-state index in [0.29, 0.717) is 0 Å². The first-order chi connectivity index (χ1) is 7.58. The molecule has 84 valence electrons. The zero-order valence-electron chi connectivity index (χ0n) is 9.69. The minimum absolute atomic E-state index is 0.550. The zero-order chi connectivity index (χ0) is 11.7. The lowest BCUT2D eigenvalue weighted by atomic mass is 10.0. The Kier molecular flexibility index (Phi) is 3.08. The van der Waals surface area contributed by atoms with Gasteiger partial charge in [-0.2, -0.15) is 0 Å². The van der Waals surface area contributed by atoms with Crippen molar-refractivity contribution in [2.45, 2.75) is 26.9 Å². The third kappa shape index (κ3) is 2.15. The first kappa shape index (κ1) is 11.3. The molecule has 0 saturated carbocycles. The third-order valence-electron chi connectivity index (χ3n) is 2.76. The van der Waals surface area contributed by atoms with Crippen molar-refractivity contribution in [3.8, 4) is 0 Å². The lowest BCUT2D eigenvalue weighted by molar-refractivity contribution is 0.224. The fourth-order valence-corrected chi connectivity index (χ4v) is 2.40. The fraction of sp³-hybridized carbons (Fsp3) is 0.308. The Hall–Kier alpha value is -1.19. The predicted molar refractivity (Wildman–Crippen MR) is 66.8 cm³/mol. The molecular formula is C13H15NOS. The van der Waals surface area contributed by atoms with E-state index >= 15 is 0 Å². The quantitative estimate of drug-likeness (QED) is 0.864. The van der Waals surface area contributed by atoms with Gasteiger partial charge in [0.2, 0.25) is 0 Å². The number of aliphatic hydroxyl groups excluding tert-OH is 1. The van der Waals surface area contributed by atoms with Crippen LogP contribution in [0.2, 0.25) is 0 Å². The van der Waals surface area contributed by atoms with Gasteiger partial charge in [0.1, 0.15) is 6.10 Å². The van der Waals surface area contributed by atoms with Gasteiger partial charge in [0.15, 0.2) is 0 Å². The van der Waals surface area contributed by atoms with Gasteiger partial charge in [-0.05, 0) is 37.5 Å². The summed E-state index contributed by atoms with van der Waals surface area (Å²) >= 11 is 1.54. The van der Waals surface area contributed by atoms with E-state index in [1.54, 1.807) is 6.20 Å². The largest absolute Gasteiger partial charge is 0.383 e. The van der Waals surface area contributed by atoms with Crippen molar-refractivity contribution in [2.75, 3.05) is 0 Å². The summed E-state index contributed by atoms with van der Waals surface area (Å²) in [5, 5.41) is 11.2. The van der Waals surface area contributed by atoms with Gasteiger partial charge in [-0.15, -0.1) is 11.3 Å². The fourth-order valence-electron chi connectivity index (χ4n) is 1.60. The molecule has 1 aromatic carbocycles. The highest BCUT2D eigenvalue weighted by atomic mass is 32.1. The van der Waals surface area contributed by atoms with E-state index in [1.165, 1.54) is 22.5 Å². The molecule has 0 radical (unpaired) electrons. The van der Waals surface area contributed by atoms with E-state index in [0.717, 1.165) is 15.4 Å². The molecule has 1 atom stereocenters. The maximum Gasteiger partial charge on any atom is 0.115 e. The molecule has 3 heteroatoms. The van der Waals surface area contributed by atoms with Gasteiger partial charge in [-0.1, -0.05) is 18.2 Å². The van der Waals surface area contributed by atoms with Crippen molar-refractivity contribution in [3.63, 3.8) is 0 Å². The van der Waals surface area contributed by atoms with Gasteiger partial charge >= 0.3 is 0 Å². The summed E-state index contributed by atoms with van der Waals surface area (Å²) in [4.78, 5) is 5.07. The van der Waals surface area contributed by atoms with Crippen LogP contribution in [0.5, 0.6) is 0 Å². The average Bonchev–Trinajstić information content (AvgIpc) is 2.68.